The zero-order chi connectivity index (χ0) is 31.1. The Morgan fingerprint density at radius 3 is 2.25 bits per heavy atom. The summed E-state index contributed by atoms with van der Waals surface area (Å²) in [6.45, 7) is 4.34. The number of ether oxygens (including phenoxy) is 1. The lowest BCUT2D eigenvalue weighted by Crippen LogP contribution is -2.50. The summed E-state index contributed by atoms with van der Waals surface area (Å²) < 4.78 is 8.00. The average molecular weight is 628 g/mol. The molecule has 0 saturated heterocycles. The molecular formula is C35H32Cl2N4O3. The predicted octanol–water partition coefficient (Wildman–Crippen LogP) is 6.95. The fourth-order valence-electron chi connectivity index (χ4n) is 4.99. The van der Waals surface area contributed by atoms with Crippen molar-refractivity contribution >= 4 is 52.1 Å². The second-order valence-electron chi connectivity index (χ2n) is 10.4. The van der Waals surface area contributed by atoms with E-state index in [1.807, 2.05) is 73.7 Å². The number of nitrogens with zero attached hydrogens (tertiary/aromatic N) is 2. The van der Waals surface area contributed by atoms with Crippen LogP contribution in [0.25, 0.3) is 10.9 Å². The van der Waals surface area contributed by atoms with Gasteiger partial charge in [-0.25, -0.2) is 5.43 Å². The SMILES string of the molecule is Cc1c(/C=N\NC(=O)[C@@H](Cc2ccccc2)NC(=O)[C@@H](C)Oc2ccc(Cl)cc2Cl)c2ccccc2n1Cc1ccccc1. The van der Waals surface area contributed by atoms with E-state index in [2.05, 4.69) is 38.6 Å². The number of halogens is 2. The standard InChI is InChI=1S/C35H32Cl2N4O3/c1-23-29(28-15-9-10-16-32(28)41(23)22-26-13-7-4-8-14-26)21-38-40-35(43)31(19-25-11-5-3-6-12-25)39-34(42)24(2)44-33-18-17-27(36)20-30(33)37/h3-18,20-21,24,31H,19,22H2,1-2H3,(H,39,42)(H,40,43)/b38-21-/t24-,31-/m1/s1. The molecule has 7 nitrogen and oxygen atoms in total. The molecule has 0 radical (unpaired) electrons. The van der Waals surface area contributed by atoms with E-state index in [1.165, 1.54) is 11.6 Å². The van der Waals surface area contributed by atoms with Crippen LogP contribution >= 0.6 is 23.2 Å². The molecule has 0 saturated carbocycles. The molecule has 0 aliphatic carbocycles. The number of carbonyl (C=O) groups is 2. The predicted molar refractivity (Wildman–Crippen MR) is 177 cm³/mol. The lowest BCUT2D eigenvalue weighted by Gasteiger charge is -2.21. The minimum atomic E-state index is -0.929. The number of fused-ring (bicyclic) bond motifs is 1. The van der Waals surface area contributed by atoms with Gasteiger partial charge in [0.15, 0.2) is 6.10 Å². The largest absolute Gasteiger partial charge is 0.479 e. The number of nitrogens with one attached hydrogen (secondary N) is 2. The third kappa shape index (κ3) is 7.48. The number of hydrogen-bond acceptors (Lipinski definition) is 4. The van der Waals surface area contributed by atoms with Crippen LogP contribution in [0.2, 0.25) is 10.0 Å². The van der Waals surface area contributed by atoms with Gasteiger partial charge in [-0.05, 0) is 49.2 Å². The monoisotopic (exact) mass is 626 g/mol. The van der Waals surface area contributed by atoms with E-state index < -0.39 is 24.0 Å². The highest BCUT2D eigenvalue weighted by Crippen LogP contribution is 2.28. The van der Waals surface area contributed by atoms with Gasteiger partial charge in [0.05, 0.1) is 11.2 Å². The number of benzene rings is 4. The van der Waals surface area contributed by atoms with Crippen molar-refractivity contribution in [1.29, 1.82) is 0 Å². The molecule has 2 atom stereocenters. The van der Waals surface area contributed by atoms with Crippen molar-refractivity contribution in [2.24, 2.45) is 5.10 Å². The molecule has 0 spiro atoms. The van der Waals surface area contributed by atoms with E-state index in [-0.39, 0.29) is 11.4 Å². The Balaban J connectivity index is 1.33. The highest BCUT2D eigenvalue weighted by atomic mass is 35.5. The van der Waals surface area contributed by atoms with E-state index >= 15 is 0 Å². The smallest absolute Gasteiger partial charge is 0.262 e. The highest BCUT2D eigenvalue weighted by molar-refractivity contribution is 6.35. The maximum Gasteiger partial charge on any atom is 0.262 e. The van der Waals surface area contributed by atoms with Crippen molar-refractivity contribution in [3.63, 3.8) is 0 Å². The lowest BCUT2D eigenvalue weighted by molar-refractivity contribution is -0.132. The van der Waals surface area contributed by atoms with Crippen molar-refractivity contribution < 1.29 is 14.3 Å². The first-order valence-corrected chi connectivity index (χ1v) is 15.0. The Hall–Kier alpha value is -4.59. The van der Waals surface area contributed by atoms with Crippen molar-refractivity contribution in [2.75, 3.05) is 0 Å². The Kier molecular flexibility index (Phi) is 10.00. The van der Waals surface area contributed by atoms with Crippen molar-refractivity contribution in [1.82, 2.24) is 15.3 Å². The van der Waals surface area contributed by atoms with Crippen molar-refractivity contribution in [3.05, 3.63) is 136 Å². The van der Waals surface area contributed by atoms with Gasteiger partial charge in [0, 0.05) is 40.1 Å². The molecule has 1 heterocycles. The maximum absolute atomic E-state index is 13.4. The van der Waals surface area contributed by atoms with Crippen molar-refractivity contribution in [3.8, 4) is 5.75 Å². The Bertz CT molecular complexity index is 1790. The molecule has 0 aliphatic rings. The van der Waals surface area contributed by atoms with Gasteiger partial charge in [0.1, 0.15) is 11.8 Å². The fraction of sp³-hybridized carbons (Fsp3) is 0.171. The zero-order valence-corrected chi connectivity index (χ0v) is 25.8. The van der Waals surface area contributed by atoms with Gasteiger partial charge >= 0.3 is 0 Å². The van der Waals surface area contributed by atoms with Gasteiger partial charge in [-0.15, -0.1) is 0 Å². The number of aromatic nitrogens is 1. The van der Waals surface area contributed by atoms with Gasteiger partial charge in [0.2, 0.25) is 0 Å². The fourth-order valence-corrected chi connectivity index (χ4v) is 5.44. The molecular weight excluding hydrogens is 595 g/mol. The second-order valence-corrected chi connectivity index (χ2v) is 11.3. The van der Waals surface area contributed by atoms with Gasteiger partial charge in [0.25, 0.3) is 11.8 Å². The second kappa shape index (κ2) is 14.3. The first kappa shape index (κ1) is 30.9. The Morgan fingerprint density at radius 1 is 0.886 bits per heavy atom. The highest BCUT2D eigenvalue weighted by Gasteiger charge is 2.25. The first-order valence-electron chi connectivity index (χ1n) is 14.2. The van der Waals surface area contributed by atoms with Crippen LogP contribution in [0.4, 0.5) is 0 Å². The van der Waals surface area contributed by atoms with Gasteiger partial charge in [-0.1, -0.05) is 102 Å². The summed E-state index contributed by atoms with van der Waals surface area (Å²) >= 11 is 12.2. The summed E-state index contributed by atoms with van der Waals surface area (Å²) in [5.41, 5.74) is 7.71. The molecule has 4 aromatic carbocycles. The molecule has 0 fully saturated rings. The van der Waals surface area contributed by atoms with Crippen LogP contribution in [0.5, 0.6) is 5.75 Å². The zero-order valence-electron chi connectivity index (χ0n) is 24.3. The summed E-state index contributed by atoms with van der Waals surface area (Å²) in [5.74, 6) is -0.620. The van der Waals surface area contributed by atoms with E-state index in [9.17, 15) is 9.59 Å². The van der Waals surface area contributed by atoms with E-state index in [0.717, 1.165) is 27.7 Å². The summed E-state index contributed by atoms with van der Waals surface area (Å²) in [6, 6.07) is 31.6. The van der Waals surface area contributed by atoms with E-state index in [4.69, 9.17) is 27.9 Å². The molecule has 0 aliphatic heterocycles. The number of rotatable bonds is 11. The number of carbonyl (C=O) groups excluding carboxylic acids is 2. The number of hydrogen-bond donors (Lipinski definition) is 2. The van der Waals surface area contributed by atoms with Crippen LogP contribution in [0.3, 0.4) is 0 Å². The van der Waals surface area contributed by atoms with Crippen LogP contribution in [0, 0.1) is 6.92 Å². The third-order valence-corrected chi connectivity index (χ3v) is 7.84. The van der Waals surface area contributed by atoms with Crippen molar-refractivity contribution in [2.45, 2.75) is 39.0 Å². The maximum atomic E-state index is 13.4. The summed E-state index contributed by atoms with van der Waals surface area (Å²) in [4.78, 5) is 26.6. The number of amides is 2. The summed E-state index contributed by atoms with van der Waals surface area (Å²) in [5, 5.41) is 8.90. The summed E-state index contributed by atoms with van der Waals surface area (Å²) in [7, 11) is 0. The van der Waals surface area contributed by atoms with Crippen LogP contribution in [-0.4, -0.2) is 34.7 Å². The molecule has 0 unspecified atom stereocenters. The third-order valence-electron chi connectivity index (χ3n) is 7.31. The molecule has 9 heteroatoms. The van der Waals surface area contributed by atoms with Crippen LogP contribution in [-0.2, 0) is 22.6 Å². The summed E-state index contributed by atoms with van der Waals surface area (Å²) in [6.07, 6.45) is 0.992. The number of para-hydroxylation sites is 1. The Morgan fingerprint density at radius 2 is 1.55 bits per heavy atom. The molecule has 224 valence electrons. The lowest BCUT2D eigenvalue weighted by atomic mass is 10.1. The van der Waals surface area contributed by atoms with E-state index in [1.54, 1.807) is 25.3 Å². The van der Waals surface area contributed by atoms with E-state index in [0.29, 0.717) is 17.3 Å². The van der Waals surface area contributed by atoms with Gasteiger partial charge in [-0.3, -0.25) is 9.59 Å². The Labute approximate surface area is 266 Å². The first-order chi connectivity index (χ1) is 21.3. The minimum Gasteiger partial charge on any atom is -0.479 e. The van der Waals surface area contributed by atoms with Gasteiger partial charge in [-0.2, -0.15) is 5.10 Å². The van der Waals surface area contributed by atoms with Gasteiger partial charge < -0.3 is 14.6 Å². The normalized spacial score (nSPS) is 12.6. The molecule has 2 N–H and O–H groups in total. The molecule has 2 amide bonds. The average Bonchev–Trinajstić information content (AvgIpc) is 3.29. The molecule has 0 bridgehead atoms. The number of hydrazone groups is 1. The van der Waals surface area contributed by atoms with Crippen LogP contribution < -0.4 is 15.5 Å². The molecule has 5 rings (SSSR count). The molecule has 5 aromatic rings. The van der Waals surface area contributed by atoms with Crippen LogP contribution in [0.1, 0.15) is 29.3 Å². The quantitative estimate of drug-likeness (QED) is 0.123. The minimum absolute atomic E-state index is 0.262. The molecule has 44 heavy (non-hydrogen) atoms. The molecule has 1 aromatic heterocycles. The topological polar surface area (TPSA) is 84.7 Å². The van der Waals surface area contributed by atoms with Crippen LogP contribution in [0.15, 0.2) is 108 Å².